The third-order valence-electron chi connectivity index (χ3n) is 8.35. The summed E-state index contributed by atoms with van der Waals surface area (Å²) >= 11 is 0. The van der Waals surface area contributed by atoms with Gasteiger partial charge < -0.3 is 14.6 Å². The minimum Gasteiger partial charge on any atom is -0.447 e. The number of rotatable bonds is 9. The van der Waals surface area contributed by atoms with Gasteiger partial charge in [0.2, 0.25) is 11.8 Å². The number of amides is 4. The summed E-state index contributed by atoms with van der Waals surface area (Å²) in [5, 5.41) is 10.4. The maximum absolute atomic E-state index is 12.7. The molecule has 210 valence electrons. The lowest BCUT2D eigenvalue weighted by Crippen LogP contribution is -2.45. The van der Waals surface area contributed by atoms with E-state index in [0.29, 0.717) is 37.7 Å². The highest BCUT2D eigenvalue weighted by Gasteiger charge is 2.41. The summed E-state index contributed by atoms with van der Waals surface area (Å²) in [6, 6.07) is -0.325. The van der Waals surface area contributed by atoms with Crippen molar-refractivity contribution in [3.63, 3.8) is 0 Å². The normalized spacial score (nSPS) is 26.1. The van der Waals surface area contributed by atoms with Crippen molar-refractivity contribution in [1.82, 2.24) is 9.80 Å². The summed E-state index contributed by atoms with van der Waals surface area (Å²) in [5.74, 6) is 0.401. The highest BCUT2D eigenvalue weighted by molar-refractivity contribution is 5.95. The molecule has 0 radical (unpaired) electrons. The highest BCUT2D eigenvalue weighted by Crippen LogP contribution is 2.34. The molecule has 9 heteroatoms. The first-order valence-electron chi connectivity index (χ1n) is 14.4. The van der Waals surface area contributed by atoms with Gasteiger partial charge in [-0.25, -0.2) is 19.4 Å². The molecule has 0 bridgehead atoms. The van der Waals surface area contributed by atoms with E-state index < -0.39 is 24.2 Å². The van der Waals surface area contributed by atoms with Crippen molar-refractivity contribution in [2.24, 2.45) is 17.8 Å². The van der Waals surface area contributed by atoms with Crippen LogP contribution in [0.4, 0.5) is 9.59 Å². The molecule has 9 nitrogen and oxygen atoms in total. The third kappa shape index (κ3) is 7.91. The summed E-state index contributed by atoms with van der Waals surface area (Å²) in [6.07, 6.45) is 11.6. The fraction of sp³-hybridized carbons (Fsp3) is 0.857. The first kappa shape index (κ1) is 29.4. The summed E-state index contributed by atoms with van der Waals surface area (Å²) in [6.45, 7) is 6.24. The van der Waals surface area contributed by atoms with Gasteiger partial charge in [-0.3, -0.25) is 9.59 Å². The van der Waals surface area contributed by atoms with E-state index >= 15 is 0 Å². The van der Waals surface area contributed by atoms with Crippen LogP contribution in [0.2, 0.25) is 0 Å². The zero-order valence-electron chi connectivity index (χ0n) is 22.9. The van der Waals surface area contributed by atoms with E-state index in [0.717, 1.165) is 25.7 Å². The van der Waals surface area contributed by atoms with Crippen LogP contribution in [0, 0.1) is 17.8 Å². The Kier molecular flexibility index (Phi) is 11.2. The second-order valence-electron chi connectivity index (χ2n) is 11.4. The van der Waals surface area contributed by atoms with Crippen LogP contribution < -0.4 is 0 Å². The van der Waals surface area contributed by atoms with Gasteiger partial charge in [-0.2, -0.15) is 0 Å². The summed E-state index contributed by atoms with van der Waals surface area (Å²) in [5.41, 5.74) is 0. The Morgan fingerprint density at radius 1 is 0.892 bits per heavy atom. The molecule has 4 fully saturated rings. The van der Waals surface area contributed by atoms with Gasteiger partial charge in [-0.1, -0.05) is 64.7 Å². The molecule has 0 aromatic carbocycles. The minimum absolute atomic E-state index is 0.0677. The Hall–Kier alpha value is -2.16. The predicted molar refractivity (Wildman–Crippen MR) is 137 cm³/mol. The van der Waals surface area contributed by atoms with Crippen molar-refractivity contribution in [3.8, 4) is 0 Å². The van der Waals surface area contributed by atoms with Crippen LogP contribution in [0.3, 0.4) is 0 Å². The van der Waals surface area contributed by atoms with Gasteiger partial charge in [0, 0.05) is 6.42 Å². The molecule has 37 heavy (non-hydrogen) atoms. The largest absolute Gasteiger partial charge is 0.447 e. The number of cyclic esters (lactones) is 2. The topological polar surface area (TPSA) is 113 Å². The molecule has 2 heterocycles. The lowest BCUT2D eigenvalue weighted by Gasteiger charge is -2.28. The van der Waals surface area contributed by atoms with Crippen LogP contribution in [-0.4, -0.2) is 70.3 Å². The first-order chi connectivity index (χ1) is 17.7. The lowest BCUT2D eigenvalue weighted by molar-refractivity contribution is -0.138. The van der Waals surface area contributed by atoms with Crippen molar-refractivity contribution in [2.45, 2.75) is 122 Å². The highest BCUT2D eigenvalue weighted by atomic mass is 16.6. The average molecular weight is 523 g/mol. The molecule has 2 saturated heterocycles. The van der Waals surface area contributed by atoms with Crippen LogP contribution in [0.1, 0.15) is 104 Å². The standard InChI is InChI=1S/C16H27NO4.C12H19NO3/c1-3-6-14(18)13(9-12-7-4-5-8-12)15(19)17-11(2)10-21-16(17)20;1-9-8-16-12(15)13(9)11(14)7-6-10-4-2-3-5-10/h11-14,18H,3-10H2,1-2H3;9-10H,2-8H2,1H3/t11-,13-,14+;9-/m11/s1. The molecule has 4 amide bonds. The Bertz CT molecular complexity index is 791. The second kappa shape index (κ2) is 14.1. The van der Waals surface area contributed by atoms with Gasteiger partial charge >= 0.3 is 12.2 Å². The maximum Gasteiger partial charge on any atom is 0.416 e. The quantitative estimate of drug-likeness (QED) is 0.451. The molecule has 0 spiro atoms. The SMILES string of the molecule is CCC[C@H](O)[C@@H](CC1CCCC1)C(=O)N1C(=O)OC[C@H]1C.C[C@@H]1COC(=O)N1C(=O)CCC1CCCC1. The van der Waals surface area contributed by atoms with Gasteiger partial charge in [-0.15, -0.1) is 0 Å². The molecule has 0 unspecified atom stereocenters. The number of ether oxygens (including phenoxy) is 2. The molecule has 4 rings (SSSR count). The Balaban J connectivity index is 0.000000213. The van der Waals surface area contributed by atoms with E-state index in [9.17, 15) is 24.3 Å². The van der Waals surface area contributed by atoms with Crippen LogP contribution in [0.5, 0.6) is 0 Å². The number of aliphatic hydroxyl groups excluding tert-OH is 1. The Morgan fingerprint density at radius 2 is 1.41 bits per heavy atom. The monoisotopic (exact) mass is 522 g/mol. The number of nitrogens with zero attached hydrogens (tertiary/aromatic N) is 2. The van der Waals surface area contributed by atoms with E-state index in [4.69, 9.17) is 9.47 Å². The maximum atomic E-state index is 12.7. The number of hydrogen-bond acceptors (Lipinski definition) is 7. The molecule has 4 atom stereocenters. The van der Waals surface area contributed by atoms with Crippen molar-refractivity contribution in [2.75, 3.05) is 13.2 Å². The third-order valence-corrected chi connectivity index (χ3v) is 8.35. The van der Waals surface area contributed by atoms with Crippen LogP contribution in [0.25, 0.3) is 0 Å². The van der Waals surface area contributed by atoms with Crippen molar-refractivity contribution in [1.29, 1.82) is 0 Å². The van der Waals surface area contributed by atoms with Crippen molar-refractivity contribution >= 4 is 24.0 Å². The van der Waals surface area contributed by atoms with Crippen molar-refractivity contribution in [3.05, 3.63) is 0 Å². The first-order valence-corrected chi connectivity index (χ1v) is 14.4. The van der Waals surface area contributed by atoms with E-state index in [1.807, 2.05) is 20.8 Å². The van der Waals surface area contributed by atoms with Crippen LogP contribution in [0.15, 0.2) is 0 Å². The summed E-state index contributed by atoms with van der Waals surface area (Å²) < 4.78 is 9.78. The number of carbonyl (C=O) groups is 4. The Morgan fingerprint density at radius 3 is 1.89 bits per heavy atom. The average Bonchev–Trinajstić information content (AvgIpc) is 3.67. The molecule has 2 saturated carbocycles. The van der Waals surface area contributed by atoms with Gasteiger partial charge in [0.1, 0.15) is 13.2 Å². The van der Waals surface area contributed by atoms with Gasteiger partial charge in [0.25, 0.3) is 0 Å². The predicted octanol–water partition coefficient (Wildman–Crippen LogP) is 5.04. The summed E-state index contributed by atoms with van der Waals surface area (Å²) in [4.78, 5) is 50.1. The van der Waals surface area contributed by atoms with Gasteiger partial charge in [-0.05, 0) is 44.9 Å². The molecule has 0 aromatic rings. The van der Waals surface area contributed by atoms with E-state index in [1.54, 1.807) is 0 Å². The molecule has 0 aromatic heterocycles. The lowest BCUT2D eigenvalue weighted by atomic mass is 9.86. The molecule has 4 aliphatic rings. The van der Waals surface area contributed by atoms with Gasteiger partial charge in [0.05, 0.1) is 24.1 Å². The van der Waals surface area contributed by atoms with Crippen LogP contribution >= 0.6 is 0 Å². The fourth-order valence-electron chi connectivity index (χ4n) is 6.14. The van der Waals surface area contributed by atoms with E-state index in [-0.39, 0.29) is 30.5 Å². The van der Waals surface area contributed by atoms with Crippen LogP contribution in [-0.2, 0) is 19.1 Å². The zero-order valence-corrected chi connectivity index (χ0v) is 22.9. The molecular formula is C28H46N2O7. The Labute approximate surface area is 221 Å². The number of aliphatic hydroxyl groups is 1. The zero-order chi connectivity index (χ0) is 26.9. The molecule has 2 aliphatic heterocycles. The molecular weight excluding hydrogens is 476 g/mol. The molecule has 1 N–H and O–H groups in total. The smallest absolute Gasteiger partial charge is 0.416 e. The van der Waals surface area contributed by atoms with E-state index in [1.165, 1.54) is 48.3 Å². The number of carbonyl (C=O) groups excluding carboxylic acids is 4. The second-order valence-corrected chi connectivity index (χ2v) is 11.4. The van der Waals surface area contributed by atoms with Crippen molar-refractivity contribution < 1.29 is 33.8 Å². The minimum atomic E-state index is -0.663. The fourth-order valence-corrected chi connectivity index (χ4v) is 6.14. The van der Waals surface area contributed by atoms with E-state index in [2.05, 4.69) is 0 Å². The number of imide groups is 2. The van der Waals surface area contributed by atoms with Gasteiger partial charge in [0.15, 0.2) is 0 Å². The molecule has 2 aliphatic carbocycles. The summed E-state index contributed by atoms with van der Waals surface area (Å²) in [7, 11) is 0. The number of hydrogen-bond donors (Lipinski definition) is 1.